The normalized spacial score (nSPS) is 14.8. The summed E-state index contributed by atoms with van der Waals surface area (Å²) in [5, 5.41) is 3.94. The summed E-state index contributed by atoms with van der Waals surface area (Å²) in [6, 6.07) is 5.49. The molecule has 1 aliphatic rings. The Bertz CT molecular complexity index is 637. The molecule has 0 atom stereocenters. The lowest BCUT2D eigenvalue weighted by molar-refractivity contribution is -0.114. The molecule has 0 bridgehead atoms. The van der Waals surface area contributed by atoms with E-state index in [1.807, 2.05) is 12.1 Å². The Morgan fingerprint density at radius 3 is 2.83 bits per heavy atom. The number of hydrogen-bond donors (Lipinski definition) is 1. The van der Waals surface area contributed by atoms with Crippen molar-refractivity contribution in [3.05, 3.63) is 29.2 Å². The largest absolute Gasteiger partial charge is 0.326 e. The lowest BCUT2D eigenvalue weighted by atomic mass is 10.2. The average Bonchev–Trinajstić information content (AvgIpc) is 3.12. The third kappa shape index (κ3) is 2.16. The van der Waals surface area contributed by atoms with E-state index in [0.29, 0.717) is 16.8 Å². The number of aromatic nitrogens is 2. The van der Waals surface area contributed by atoms with Gasteiger partial charge in [-0.2, -0.15) is 0 Å². The van der Waals surface area contributed by atoms with E-state index in [1.54, 1.807) is 6.07 Å². The highest BCUT2D eigenvalue weighted by Gasteiger charge is 2.27. The van der Waals surface area contributed by atoms with Crippen molar-refractivity contribution in [3.63, 3.8) is 0 Å². The van der Waals surface area contributed by atoms with Crippen molar-refractivity contribution in [2.24, 2.45) is 0 Å². The predicted octanol–water partition coefficient (Wildman–Crippen LogP) is 3.12. The van der Waals surface area contributed by atoms with Gasteiger partial charge in [-0.15, -0.1) is 0 Å². The fraction of sp³-hybridized carbons (Fsp3) is 0.308. The van der Waals surface area contributed by atoms with Gasteiger partial charge in [0, 0.05) is 23.9 Å². The van der Waals surface area contributed by atoms with Crippen LogP contribution in [0.15, 0.2) is 18.2 Å². The number of amides is 1. The van der Waals surface area contributed by atoms with Crippen LogP contribution < -0.4 is 5.32 Å². The Morgan fingerprint density at radius 1 is 1.39 bits per heavy atom. The van der Waals surface area contributed by atoms with Gasteiger partial charge in [-0.1, -0.05) is 11.6 Å². The van der Waals surface area contributed by atoms with Gasteiger partial charge in [-0.3, -0.25) is 4.79 Å². The van der Waals surface area contributed by atoms with Crippen LogP contribution in [0.5, 0.6) is 0 Å². The zero-order chi connectivity index (χ0) is 12.7. The summed E-state index contributed by atoms with van der Waals surface area (Å²) >= 11 is 6.18. The fourth-order valence-electron chi connectivity index (χ4n) is 1.91. The van der Waals surface area contributed by atoms with E-state index in [-0.39, 0.29) is 5.91 Å². The van der Waals surface area contributed by atoms with Crippen molar-refractivity contribution in [2.75, 3.05) is 5.32 Å². The third-order valence-corrected chi connectivity index (χ3v) is 3.22. The van der Waals surface area contributed by atoms with E-state index in [0.717, 1.165) is 29.6 Å². The molecule has 0 saturated heterocycles. The average molecular weight is 262 g/mol. The highest BCUT2D eigenvalue weighted by Crippen LogP contribution is 2.39. The van der Waals surface area contributed by atoms with Crippen LogP contribution in [-0.2, 0) is 4.79 Å². The molecule has 0 radical (unpaired) electrons. The molecule has 5 heteroatoms. The maximum atomic E-state index is 11.0. The van der Waals surface area contributed by atoms with Crippen molar-refractivity contribution in [2.45, 2.75) is 25.7 Å². The molecule has 1 aromatic carbocycles. The predicted molar refractivity (Wildman–Crippen MR) is 70.8 cm³/mol. The minimum Gasteiger partial charge on any atom is -0.326 e. The van der Waals surface area contributed by atoms with Crippen LogP contribution in [-0.4, -0.2) is 15.9 Å². The van der Waals surface area contributed by atoms with Crippen molar-refractivity contribution in [1.82, 2.24) is 9.97 Å². The maximum Gasteiger partial charge on any atom is 0.221 e. The molecule has 0 unspecified atom stereocenters. The number of benzene rings is 1. The number of carbonyl (C=O) groups excluding carboxylic acids is 1. The van der Waals surface area contributed by atoms with Crippen molar-refractivity contribution in [3.8, 4) is 0 Å². The van der Waals surface area contributed by atoms with Gasteiger partial charge in [0.15, 0.2) is 0 Å². The molecule has 18 heavy (non-hydrogen) atoms. The zero-order valence-corrected chi connectivity index (χ0v) is 10.7. The molecule has 3 rings (SSSR count). The summed E-state index contributed by atoms with van der Waals surface area (Å²) in [4.78, 5) is 19.8. The molecule has 1 fully saturated rings. The standard InChI is InChI=1S/C13H12ClN3O/c1-7(18)15-9-4-5-11-10(6-9)12(14)17-13(16-11)8-2-3-8/h4-6,8H,2-3H2,1H3,(H,15,18). The van der Waals surface area contributed by atoms with Crippen LogP contribution in [0.4, 0.5) is 5.69 Å². The van der Waals surface area contributed by atoms with E-state index in [9.17, 15) is 4.79 Å². The van der Waals surface area contributed by atoms with E-state index in [1.165, 1.54) is 6.92 Å². The quantitative estimate of drug-likeness (QED) is 0.845. The molecule has 92 valence electrons. The number of halogens is 1. The number of anilines is 1. The smallest absolute Gasteiger partial charge is 0.221 e. The summed E-state index contributed by atoms with van der Waals surface area (Å²) in [7, 11) is 0. The Balaban J connectivity index is 2.08. The van der Waals surface area contributed by atoms with Gasteiger partial charge < -0.3 is 5.32 Å². The summed E-state index contributed by atoms with van der Waals surface area (Å²) < 4.78 is 0. The number of fused-ring (bicyclic) bond motifs is 1. The summed E-state index contributed by atoms with van der Waals surface area (Å²) in [5.74, 6) is 1.20. The van der Waals surface area contributed by atoms with Gasteiger partial charge in [-0.05, 0) is 31.0 Å². The Kier molecular flexibility index (Phi) is 2.67. The first-order valence-electron chi connectivity index (χ1n) is 5.88. The number of nitrogens with one attached hydrogen (secondary N) is 1. The minimum absolute atomic E-state index is 0.110. The van der Waals surface area contributed by atoms with E-state index < -0.39 is 0 Å². The first-order valence-corrected chi connectivity index (χ1v) is 6.26. The highest BCUT2D eigenvalue weighted by atomic mass is 35.5. The zero-order valence-electron chi connectivity index (χ0n) is 9.90. The number of nitrogens with zero attached hydrogens (tertiary/aromatic N) is 2. The van der Waals surface area contributed by atoms with Crippen LogP contribution in [0.2, 0.25) is 5.15 Å². The van der Waals surface area contributed by atoms with Crippen LogP contribution in [0.3, 0.4) is 0 Å². The molecular weight excluding hydrogens is 250 g/mol. The molecule has 4 nitrogen and oxygen atoms in total. The lowest BCUT2D eigenvalue weighted by Crippen LogP contribution is -2.05. The van der Waals surface area contributed by atoms with Crippen LogP contribution in [0.25, 0.3) is 10.9 Å². The number of hydrogen-bond acceptors (Lipinski definition) is 3. The van der Waals surface area contributed by atoms with Crippen LogP contribution in [0, 0.1) is 0 Å². The van der Waals surface area contributed by atoms with Crippen molar-refractivity contribution >= 4 is 34.1 Å². The van der Waals surface area contributed by atoms with E-state index >= 15 is 0 Å². The Morgan fingerprint density at radius 2 is 2.17 bits per heavy atom. The maximum absolute atomic E-state index is 11.0. The number of rotatable bonds is 2. The molecule has 1 amide bonds. The second kappa shape index (κ2) is 4.21. The molecule has 2 aromatic rings. The molecule has 1 aliphatic carbocycles. The van der Waals surface area contributed by atoms with Crippen LogP contribution >= 0.6 is 11.6 Å². The first-order chi connectivity index (χ1) is 8.63. The summed E-state index contributed by atoms with van der Waals surface area (Å²) in [6.07, 6.45) is 2.29. The monoisotopic (exact) mass is 261 g/mol. The van der Waals surface area contributed by atoms with E-state index in [4.69, 9.17) is 11.6 Å². The Labute approximate surface area is 109 Å². The van der Waals surface area contributed by atoms with Gasteiger partial charge in [0.2, 0.25) is 5.91 Å². The lowest BCUT2D eigenvalue weighted by Gasteiger charge is -2.06. The molecule has 1 aromatic heterocycles. The molecule has 1 saturated carbocycles. The molecule has 0 spiro atoms. The second-order valence-electron chi connectivity index (χ2n) is 4.56. The molecule has 1 N–H and O–H groups in total. The number of carbonyl (C=O) groups is 1. The van der Waals surface area contributed by atoms with Gasteiger partial charge >= 0.3 is 0 Å². The van der Waals surface area contributed by atoms with Crippen molar-refractivity contribution < 1.29 is 4.79 Å². The SMILES string of the molecule is CC(=O)Nc1ccc2nc(C3CC3)nc(Cl)c2c1. The van der Waals surface area contributed by atoms with Gasteiger partial charge in [0.1, 0.15) is 11.0 Å². The topological polar surface area (TPSA) is 54.9 Å². The fourth-order valence-corrected chi connectivity index (χ4v) is 2.15. The summed E-state index contributed by atoms with van der Waals surface area (Å²) in [6.45, 7) is 1.47. The Hall–Kier alpha value is -1.68. The second-order valence-corrected chi connectivity index (χ2v) is 4.92. The third-order valence-electron chi connectivity index (χ3n) is 2.93. The summed E-state index contributed by atoms with van der Waals surface area (Å²) in [5.41, 5.74) is 1.53. The van der Waals surface area contributed by atoms with Crippen LogP contribution in [0.1, 0.15) is 31.5 Å². The highest BCUT2D eigenvalue weighted by molar-refractivity contribution is 6.34. The first kappa shape index (κ1) is 11.4. The van der Waals surface area contributed by atoms with Gasteiger partial charge in [0.05, 0.1) is 5.52 Å². The minimum atomic E-state index is -0.110. The van der Waals surface area contributed by atoms with Gasteiger partial charge in [0.25, 0.3) is 0 Å². The van der Waals surface area contributed by atoms with Gasteiger partial charge in [-0.25, -0.2) is 9.97 Å². The van der Waals surface area contributed by atoms with E-state index in [2.05, 4.69) is 15.3 Å². The molecule has 1 heterocycles. The van der Waals surface area contributed by atoms with Crippen molar-refractivity contribution in [1.29, 1.82) is 0 Å². The molecular formula is C13H12ClN3O. The molecule has 0 aliphatic heterocycles.